The number of allylic oxidation sites excluding steroid dienone is 1. The molecule has 0 spiro atoms. The van der Waals surface area contributed by atoms with E-state index in [0.717, 1.165) is 22.2 Å². The van der Waals surface area contributed by atoms with Crippen LogP contribution in [0.15, 0.2) is 29.3 Å². The standard InChI is InChI=1S/C12H15BrO2/c1-4-5-10-6-9(2)11(13)7-12(10)15-8-14-3/h4,6-7H,1,5,8H2,2-3H3. The van der Waals surface area contributed by atoms with Crippen LogP contribution in [0.1, 0.15) is 11.1 Å². The van der Waals surface area contributed by atoms with Gasteiger partial charge in [-0.3, -0.25) is 0 Å². The molecule has 2 nitrogen and oxygen atoms in total. The molecule has 82 valence electrons. The fraction of sp³-hybridized carbons (Fsp3) is 0.333. The third-order valence-corrected chi connectivity index (χ3v) is 2.89. The molecule has 0 saturated carbocycles. The van der Waals surface area contributed by atoms with Crippen molar-refractivity contribution in [2.75, 3.05) is 13.9 Å². The summed E-state index contributed by atoms with van der Waals surface area (Å²) in [6.07, 6.45) is 2.66. The lowest BCUT2D eigenvalue weighted by Gasteiger charge is -2.11. The Kier molecular flexibility index (Phi) is 4.85. The summed E-state index contributed by atoms with van der Waals surface area (Å²) in [7, 11) is 1.61. The number of halogens is 1. The summed E-state index contributed by atoms with van der Waals surface area (Å²) < 4.78 is 11.4. The average Bonchev–Trinajstić information content (AvgIpc) is 2.21. The molecule has 0 bridgehead atoms. The van der Waals surface area contributed by atoms with Crippen LogP contribution in [0.2, 0.25) is 0 Å². The van der Waals surface area contributed by atoms with Crippen LogP contribution in [0.25, 0.3) is 0 Å². The third-order valence-electron chi connectivity index (χ3n) is 2.04. The molecular weight excluding hydrogens is 256 g/mol. The summed E-state index contributed by atoms with van der Waals surface area (Å²) in [5.74, 6) is 0.842. The molecule has 0 fully saturated rings. The van der Waals surface area contributed by atoms with Gasteiger partial charge in [0.15, 0.2) is 6.79 Å². The summed E-state index contributed by atoms with van der Waals surface area (Å²) in [6.45, 7) is 6.05. The fourth-order valence-corrected chi connectivity index (χ4v) is 1.62. The lowest BCUT2D eigenvalue weighted by Crippen LogP contribution is -2.02. The summed E-state index contributed by atoms with van der Waals surface area (Å²) in [6, 6.07) is 4.06. The SMILES string of the molecule is C=CCc1cc(C)c(Br)cc1OCOC. The predicted molar refractivity (Wildman–Crippen MR) is 65.3 cm³/mol. The van der Waals surface area contributed by atoms with Crippen LogP contribution in [0.5, 0.6) is 5.75 Å². The van der Waals surface area contributed by atoms with Gasteiger partial charge in [0.2, 0.25) is 0 Å². The Morgan fingerprint density at radius 2 is 2.20 bits per heavy atom. The minimum Gasteiger partial charge on any atom is -0.467 e. The van der Waals surface area contributed by atoms with Gasteiger partial charge in [0.05, 0.1) is 0 Å². The maximum atomic E-state index is 5.47. The number of hydrogen-bond donors (Lipinski definition) is 0. The van der Waals surface area contributed by atoms with Crippen LogP contribution in [0.3, 0.4) is 0 Å². The predicted octanol–water partition coefficient (Wildman–Crippen LogP) is 3.47. The van der Waals surface area contributed by atoms with Gasteiger partial charge in [-0.1, -0.05) is 28.1 Å². The highest BCUT2D eigenvalue weighted by Gasteiger charge is 2.06. The van der Waals surface area contributed by atoms with Gasteiger partial charge in [-0.05, 0) is 30.5 Å². The van der Waals surface area contributed by atoms with Gasteiger partial charge in [-0.15, -0.1) is 6.58 Å². The maximum absolute atomic E-state index is 5.47. The minimum absolute atomic E-state index is 0.264. The summed E-state index contributed by atoms with van der Waals surface area (Å²) in [5, 5.41) is 0. The fourth-order valence-electron chi connectivity index (χ4n) is 1.29. The van der Waals surface area contributed by atoms with Gasteiger partial charge >= 0.3 is 0 Å². The van der Waals surface area contributed by atoms with Gasteiger partial charge in [0, 0.05) is 11.6 Å². The molecule has 0 aliphatic heterocycles. The summed E-state index contributed by atoms with van der Waals surface area (Å²) in [4.78, 5) is 0. The topological polar surface area (TPSA) is 18.5 Å². The highest BCUT2D eigenvalue weighted by Crippen LogP contribution is 2.27. The van der Waals surface area contributed by atoms with Crippen molar-refractivity contribution in [2.24, 2.45) is 0 Å². The van der Waals surface area contributed by atoms with E-state index in [1.54, 1.807) is 7.11 Å². The number of aryl methyl sites for hydroxylation is 1. The first-order valence-electron chi connectivity index (χ1n) is 4.70. The summed E-state index contributed by atoms with van der Waals surface area (Å²) in [5.41, 5.74) is 2.32. The lowest BCUT2D eigenvalue weighted by molar-refractivity contribution is 0.0504. The molecule has 1 rings (SSSR count). The van der Waals surface area contributed by atoms with Gasteiger partial charge < -0.3 is 9.47 Å². The molecule has 0 radical (unpaired) electrons. The first-order valence-corrected chi connectivity index (χ1v) is 5.50. The molecule has 0 aliphatic carbocycles. The molecule has 0 heterocycles. The van der Waals surface area contributed by atoms with E-state index in [-0.39, 0.29) is 6.79 Å². The van der Waals surface area contributed by atoms with E-state index in [2.05, 4.69) is 35.5 Å². The van der Waals surface area contributed by atoms with Crippen molar-refractivity contribution in [3.8, 4) is 5.75 Å². The molecule has 15 heavy (non-hydrogen) atoms. The zero-order valence-electron chi connectivity index (χ0n) is 9.05. The van der Waals surface area contributed by atoms with Crippen LogP contribution in [-0.4, -0.2) is 13.9 Å². The molecule has 0 atom stereocenters. The molecular formula is C12H15BrO2. The van der Waals surface area contributed by atoms with E-state index in [1.165, 1.54) is 5.56 Å². The smallest absolute Gasteiger partial charge is 0.188 e. The van der Waals surface area contributed by atoms with E-state index in [9.17, 15) is 0 Å². The van der Waals surface area contributed by atoms with Gasteiger partial charge in [0.1, 0.15) is 5.75 Å². The van der Waals surface area contributed by atoms with E-state index in [0.29, 0.717) is 0 Å². The second kappa shape index (κ2) is 5.93. The van der Waals surface area contributed by atoms with Crippen molar-refractivity contribution in [1.29, 1.82) is 0 Å². The van der Waals surface area contributed by atoms with Gasteiger partial charge in [-0.25, -0.2) is 0 Å². The Bertz CT molecular complexity index is 348. The molecule has 0 saturated heterocycles. The summed E-state index contributed by atoms with van der Waals surface area (Å²) >= 11 is 3.48. The number of ether oxygens (including phenoxy) is 2. The molecule has 3 heteroatoms. The molecule has 0 aromatic heterocycles. The molecule has 0 N–H and O–H groups in total. The van der Waals surface area contributed by atoms with Crippen molar-refractivity contribution in [1.82, 2.24) is 0 Å². The number of methoxy groups -OCH3 is 1. The van der Waals surface area contributed by atoms with Crippen molar-refractivity contribution in [2.45, 2.75) is 13.3 Å². The Hall–Kier alpha value is -0.800. The normalized spacial score (nSPS) is 10.1. The van der Waals surface area contributed by atoms with E-state index in [1.807, 2.05) is 12.1 Å². The van der Waals surface area contributed by atoms with Crippen LogP contribution in [0.4, 0.5) is 0 Å². The molecule has 0 aliphatic rings. The Morgan fingerprint density at radius 1 is 1.47 bits per heavy atom. The van der Waals surface area contributed by atoms with Crippen LogP contribution < -0.4 is 4.74 Å². The van der Waals surface area contributed by atoms with E-state index in [4.69, 9.17) is 9.47 Å². The van der Waals surface area contributed by atoms with Crippen LogP contribution in [-0.2, 0) is 11.2 Å². The van der Waals surface area contributed by atoms with Crippen LogP contribution >= 0.6 is 15.9 Å². The Labute approximate surface area is 99.0 Å². The highest BCUT2D eigenvalue weighted by atomic mass is 79.9. The average molecular weight is 271 g/mol. The molecule has 0 amide bonds. The Morgan fingerprint density at radius 3 is 2.80 bits per heavy atom. The number of rotatable bonds is 5. The van der Waals surface area contributed by atoms with Crippen LogP contribution in [0, 0.1) is 6.92 Å². The zero-order chi connectivity index (χ0) is 11.3. The molecule has 1 aromatic rings. The molecule has 1 aromatic carbocycles. The third kappa shape index (κ3) is 3.36. The van der Waals surface area contributed by atoms with E-state index < -0.39 is 0 Å². The quantitative estimate of drug-likeness (QED) is 0.603. The number of benzene rings is 1. The van der Waals surface area contributed by atoms with Crippen molar-refractivity contribution in [3.05, 3.63) is 40.4 Å². The zero-order valence-corrected chi connectivity index (χ0v) is 10.6. The van der Waals surface area contributed by atoms with Crippen molar-refractivity contribution in [3.63, 3.8) is 0 Å². The second-order valence-electron chi connectivity index (χ2n) is 3.25. The van der Waals surface area contributed by atoms with E-state index >= 15 is 0 Å². The first kappa shape index (κ1) is 12.3. The van der Waals surface area contributed by atoms with Gasteiger partial charge in [0.25, 0.3) is 0 Å². The largest absolute Gasteiger partial charge is 0.467 e. The van der Waals surface area contributed by atoms with Gasteiger partial charge in [-0.2, -0.15) is 0 Å². The number of hydrogen-bond acceptors (Lipinski definition) is 2. The molecule has 0 unspecified atom stereocenters. The van der Waals surface area contributed by atoms with Crippen molar-refractivity contribution >= 4 is 15.9 Å². The maximum Gasteiger partial charge on any atom is 0.188 e. The lowest BCUT2D eigenvalue weighted by atomic mass is 10.1. The minimum atomic E-state index is 0.264. The second-order valence-corrected chi connectivity index (χ2v) is 4.11. The van der Waals surface area contributed by atoms with Crippen molar-refractivity contribution < 1.29 is 9.47 Å². The highest BCUT2D eigenvalue weighted by molar-refractivity contribution is 9.10. The Balaban J connectivity index is 2.98. The first-order chi connectivity index (χ1) is 7.19. The monoisotopic (exact) mass is 270 g/mol.